The van der Waals surface area contributed by atoms with Crippen molar-refractivity contribution < 1.29 is 24.2 Å². The third-order valence-corrected chi connectivity index (χ3v) is 4.43. The minimum absolute atomic E-state index is 0.0993. The number of carbonyl (C=O) groups excluding carboxylic acids is 2. The van der Waals surface area contributed by atoms with Gasteiger partial charge in [0.2, 0.25) is 5.91 Å². The number of likely N-dealkylation sites (tertiary alicyclic amines) is 1. The van der Waals surface area contributed by atoms with Crippen LogP contribution in [-0.2, 0) is 19.1 Å². The largest absolute Gasteiger partial charge is 0.481 e. The highest BCUT2D eigenvalue weighted by atomic mass is 16.5. The van der Waals surface area contributed by atoms with Gasteiger partial charge in [0.15, 0.2) is 6.10 Å². The van der Waals surface area contributed by atoms with Gasteiger partial charge in [-0.2, -0.15) is 0 Å². The molecule has 0 spiro atoms. The van der Waals surface area contributed by atoms with Crippen molar-refractivity contribution in [2.24, 2.45) is 5.92 Å². The number of carboxylic acid groups (broad SMARTS) is 1. The molecule has 1 unspecified atom stereocenters. The van der Waals surface area contributed by atoms with E-state index in [4.69, 9.17) is 9.84 Å². The molecule has 1 saturated heterocycles. The van der Waals surface area contributed by atoms with Crippen LogP contribution in [-0.4, -0.2) is 66.5 Å². The van der Waals surface area contributed by atoms with Gasteiger partial charge in [0.1, 0.15) is 0 Å². The van der Waals surface area contributed by atoms with Gasteiger partial charge >= 0.3 is 5.97 Å². The monoisotopic (exact) mass is 348 g/mol. The van der Waals surface area contributed by atoms with Crippen molar-refractivity contribution in [2.45, 2.75) is 18.9 Å². The molecule has 1 aromatic rings. The van der Waals surface area contributed by atoms with Crippen LogP contribution >= 0.6 is 0 Å². The number of hydrogen-bond acceptors (Lipinski definition) is 4. The SMILES string of the molecule is CO[C@@H](C(=O)N(C)CC(=O)N1CCCC(C(=O)O)C1)c1ccccc1. The highest BCUT2D eigenvalue weighted by molar-refractivity contribution is 5.87. The van der Waals surface area contributed by atoms with Gasteiger partial charge in [-0.05, 0) is 18.4 Å². The van der Waals surface area contributed by atoms with Crippen molar-refractivity contribution in [2.75, 3.05) is 33.8 Å². The molecule has 0 aromatic heterocycles. The lowest BCUT2D eigenvalue weighted by atomic mass is 9.98. The Morgan fingerprint density at radius 1 is 1.32 bits per heavy atom. The van der Waals surface area contributed by atoms with E-state index in [1.165, 1.54) is 16.9 Å². The third-order valence-electron chi connectivity index (χ3n) is 4.43. The summed E-state index contributed by atoms with van der Waals surface area (Å²) < 4.78 is 5.30. The predicted molar refractivity (Wildman–Crippen MR) is 90.8 cm³/mol. The number of carbonyl (C=O) groups is 3. The zero-order chi connectivity index (χ0) is 18.4. The van der Waals surface area contributed by atoms with E-state index in [9.17, 15) is 14.4 Å². The summed E-state index contributed by atoms with van der Waals surface area (Å²) in [6.45, 7) is 0.623. The van der Waals surface area contributed by atoms with Crippen LogP contribution < -0.4 is 0 Å². The highest BCUT2D eigenvalue weighted by Crippen LogP contribution is 2.20. The quantitative estimate of drug-likeness (QED) is 0.833. The van der Waals surface area contributed by atoms with Crippen LogP contribution in [0.5, 0.6) is 0 Å². The lowest BCUT2D eigenvalue weighted by Gasteiger charge is -2.32. The molecule has 0 bridgehead atoms. The molecule has 1 aromatic carbocycles. The fraction of sp³-hybridized carbons (Fsp3) is 0.500. The Bertz CT molecular complexity index is 619. The summed E-state index contributed by atoms with van der Waals surface area (Å²) in [6.07, 6.45) is 0.464. The number of methoxy groups -OCH3 is 1. The Labute approximate surface area is 147 Å². The molecule has 1 aliphatic rings. The molecule has 0 aliphatic carbocycles. The lowest BCUT2D eigenvalue weighted by Crippen LogP contribution is -2.47. The maximum atomic E-state index is 12.6. The van der Waals surface area contributed by atoms with Gasteiger partial charge in [-0.25, -0.2) is 0 Å². The first-order valence-electron chi connectivity index (χ1n) is 8.27. The van der Waals surface area contributed by atoms with Gasteiger partial charge in [0, 0.05) is 27.2 Å². The number of carboxylic acids is 1. The molecule has 0 saturated carbocycles. The fourth-order valence-corrected chi connectivity index (χ4v) is 2.99. The van der Waals surface area contributed by atoms with Crippen molar-refractivity contribution in [3.05, 3.63) is 35.9 Å². The Balaban J connectivity index is 1.98. The van der Waals surface area contributed by atoms with Crippen LogP contribution in [0, 0.1) is 5.92 Å². The molecule has 2 amide bonds. The Morgan fingerprint density at radius 3 is 2.60 bits per heavy atom. The molecule has 1 N–H and O–H groups in total. The first-order chi connectivity index (χ1) is 11.9. The van der Waals surface area contributed by atoms with Gasteiger partial charge in [-0.15, -0.1) is 0 Å². The van der Waals surface area contributed by atoms with Gasteiger partial charge in [0.05, 0.1) is 12.5 Å². The summed E-state index contributed by atoms with van der Waals surface area (Å²) in [5, 5.41) is 9.12. The van der Waals surface area contributed by atoms with E-state index in [0.717, 1.165) is 5.56 Å². The Morgan fingerprint density at radius 2 is 2.00 bits per heavy atom. The van der Waals surface area contributed by atoms with E-state index in [0.29, 0.717) is 19.4 Å². The smallest absolute Gasteiger partial charge is 0.308 e. The summed E-state index contributed by atoms with van der Waals surface area (Å²) in [5.41, 5.74) is 0.721. The maximum Gasteiger partial charge on any atom is 0.308 e. The molecule has 7 nitrogen and oxygen atoms in total. The molecular weight excluding hydrogens is 324 g/mol. The molecule has 1 aliphatic heterocycles. The fourth-order valence-electron chi connectivity index (χ4n) is 2.99. The second kappa shape index (κ2) is 8.62. The second-order valence-corrected chi connectivity index (χ2v) is 6.24. The number of nitrogens with zero attached hydrogens (tertiary/aromatic N) is 2. The van der Waals surface area contributed by atoms with Gasteiger partial charge in [-0.3, -0.25) is 14.4 Å². The van der Waals surface area contributed by atoms with E-state index in [1.807, 2.05) is 18.2 Å². The van der Waals surface area contributed by atoms with Crippen molar-refractivity contribution >= 4 is 17.8 Å². The summed E-state index contributed by atoms with van der Waals surface area (Å²) in [5.74, 6) is -1.97. The first kappa shape index (κ1) is 18.9. The standard InChI is InChI=1S/C18H24N2O5/c1-19(17(22)16(25-2)13-7-4-3-5-8-13)12-15(21)20-10-6-9-14(11-20)18(23)24/h3-5,7-8,14,16H,6,9-12H2,1-2H3,(H,23,24)/t14?,16-/m1/s1. The number of likely N-dealkylation sites (N-methyl/N-ethyl adjacent to an activating group) is 1. The highest BCUT2D eigenvalue weighted by Gasteiger charge is 2.30. The molecule has 2 rings (SSSR count). The number of hydrogen-bond donors (Lipinski definition) is 1. The van der Waals surface area contributed by atoms with Crippen LogP contribution in [0.3, 0.4) is 0 Å². The number of amides is 2. The van der Waals surface area contributed by atoms with Gasteiger partial charge < -0.3 is 19.6 Å². The third kappa shape index (κ3) is 4.79. The van der Waals surface area contributed by atoms with Gasteiger partial charge in [0.25, 0.3) is 5.91 Å². The molecule has 136 valence electrons. The molecule has 25 heavy (non-hydrogen) atoms. The van der Waals surface area contributed by atoms with E-state index in [-0.39, 0.29) is 24.9 Å². The predicted octanol–water partition coefficient (Wildman–Crippen LogP) is 1.16. The summed E-state index contributed by atoms with van der Waals surface area (Å²) in [4.78, 5) is 39.0. The van der Waals surface area contributed by atoms with Crippen LogP contribution in [0.1, 0.15) is 24.5 Å². The first-order valence-corrected chi connectivity index (χ1v) is 8.27. The average Bonchev–Trinajstić information content (AvgIpc) is 2.63. The molecule has 0 radical (unpaired) electrons. The van der Waals surface area contributed by atoms with Crippen LogP contribution in [0.25, 0.3) is 0 Å². The molecular formula is C18H24N2O5. The van der Waals surface area contributed by atoms with E-state index in [1.54, 1.807) is 19.2 Å². The molecule has 2 atom stereocenters. The number of ether oxygens (including phenoxy) is 1. The van der Waals surface area contributed by atoms with Gasteiger partial charge in [-0.1, -0.05) is 30.3 Å². The van der Waals surface area contributed by atoms with Crippen molar-refractivity contribution in [3.63, 3.8) is 0 Å². The minimum atomic E-state index is -0.884. The lowest BCUT2D eigenvalue weighted by molar-refractivity contribution is -0.149. The topological polar surface area (TPSA) is 87.2 Å². The molecule has 1 fully saturated rings. The summed E-state index contributed by atoms with van der Waals surface area (Å²) >= 11 is 0. The van der Waals surface area contributed by atoms with Crippen LogP contribution in [0.15, 0.2) is 30.3 Å². The average molecular weight is 348 g/mol. The maximum absolute atomic E-state index is 12.6. The van der Waals surface area contributed by atoms with Crippen molar-refractivity contribution in [1.29, 1.82) is 0 Å². The molecule has 1 heterocycles. The number of rotatable bonds is 6. The summed E-state index contributed by atoms with van der Waals surface area (Å²) in [6, 6.07) is 9.08. The van der Waals surface area contributed by atoms with Crippen molar-refractivity contribution in [3.8, 4) is 0 Å². The zero-order valence-electron chi connectivity index (χ0n) is 14.6. The van der Waals surface area contributed by atoms with Crippen LogP contribution in [0.4, 0.5) is 0 Å². The van der Waals surface area contributed by atoms with E-state index < -0.39 is 18.0 Å². The minimum Gasteiger partial charge on any atom is -0.481 e. The number of piperidine rings is 1. The van der Waals surface area contributed by atoms with E-state index in [2.05, 4.69) is 0 Å². The second-order valence-electron chi connectivity index (χ2n) is 6.24. The zero-order valence-corrected chi connectivity index (χ0v) is 14.6. The Kier molecular flexibility index (Phi) is 6.52. The Hall–Kier alpha value is -2.41. The summed E-state index contributed by atoms with van der Waals surface area (Å²) in [7, 11) is 3.00. The normalized spacial score (nSPS) is 18.5. The molecule has 7 heteroatoms. The van der Waals surface area contributed by atoms with Crippen LogP contribution in [0.2, 0.25) is 0 Å². The number of aliphatic carboxylic acids is 1. The van der Waals surface area contributed by atoms with Crippen molar-refractivity contribution in [1.82, 2.24) is 9.80 Å². The van der Waals surface area contributed by atoms with E-state index >= 15 is 0 Å². The number of benzene rings is 1.